The number of benzene rings is 1. The standard InChI is InChI=1S/C15H12F2N4OS2/c1-8(14(22)18-11-5-4-9(16)7-10(11)17)24-15-19-13(20-21-15)12-3-2-6-23-12/h2-8H,1H3,(H,18,22)(H,19,20,21). The molecule has 0 aliphatic carbocycles. The van der Waals surface area contributed by atoms with Gasteiger partial charge in [0.1, 0.15) is 11.6 Å². The second-order valence-electron chi connectivity index (χ2n) is 4.82. The van der Waals surface area contributed by atoms with Gasteiger partial charge in [0, 0.05) is 6.07 Å². The Balaban J connectivity index is 1.64. The fourth-order valence-corrected chi connectivity index (χ4v) is 3.25. The molecular formula is C15H12F2N4OS2. The van der Waals surface area contributed by atoms with Gasteiger partial charge in [0.15, 0.2) is 5.82 Å². The van der Waals surface area contributed by atoms with Crippen LogP contribution in [0.3, 0.4) is 0 Å². The number of amides is 1. The molecule has 0 radical (unpaired) electrons. The normalized spacial score (nSPS) is 12.1. The van der Waals surface area contributed by atoms with E-state index in [2.05, 4.69) is 20.5 Å². The van der Waals surface area contributed by atoms with Crippen molar-refractivity contribution in [3.63, 3.8) is 0 Å². The number of hydrogen-bond acceptors (Lipinski definition) is 5. The van der Waals surface area contributed by atoms with E-state index < -0.39 is 22.8 Å². The quantitative estimate of drug-likeness (QED) is 0.671. The second-order valence-corrected chi connectivity index (χ2v) is 7.07. The molecule has 1 atom stereocenters. The van der Waals surface area contributed by atoms with Crippen LogP contribution < -0.4 is 5.32 Å². The van der Waals surface area contributed by atoms with Crippen molar-refractivity contribution in [1.29, 1.82) is 0 Å². The van der Waals surface area contributed by atoms with E-state index in [9.17, 15) is 13.6 Å². The Morgan fingerprint density at radius 1 is 1.38 bits per heavy atom. The van der Waals surface area contributed by atoms with E-state index >= 15 is 0 Å². The zero-order valence-corrected chi connectivity index (χ0v) is 14.0. The van der Waals surface area contributed by atoms with Crippen molar-refractivity contribution in [2.45, 2.75) is 17.3 Å². The first kappa shape index (κ1) is 16.6. The summed E-state index contributed by atoms with van der Waals surface area (Å²) in [6.07, 6.45) is 0. The summed E-state index contributed by atoms with van der Waals surface area (Å²) in [6.45, 7) is 1.66. The van der Waals surface area contributed by atoms with Gasteiger partial charge in [-0.15, -0.1) is 16.4 Å². The minimum absolute atomic E-state index is 0.0666. The van der Waals surface area contributed by atoms with Crippen LogP contribution in [0.1, 0.15) is 6.92 Å². The van der Waals surface area contributed by atoms with Crippen LogP contribution in [0.4, 0.5) is 14.5 Å². The van der Waals surface area contributed by atoms with Crippen LogP contribution in [0.5, 0.6) is 0 Å². The first-order valence-corrected chi connectivity index (χ1v) is 8.67. The van der Waals surface area contributed by atoms with Gasteiger partial charge in [-0.3, -0.25) is 9.89 Å². The molecule has 5 nitrogen and oxygen atoms in total. The summed E-state index contributed by atoms with van der Waals surface area (Å²) < 4.78 is 26.4. The van der Waals surface area contributed by atoms with E-state index in [1.165, 1.54) is 17.4 Å². The van der Waals surface area contributed by atoms with Gasteiger partial charge in [-0.05, 0) is 30.5 Å². The van der Waals surface area contributed by atoms with Crippen molar-refractivity contribution >= 4 is 34.7 Å². The zero-order chi connectivity index (χ0) is 17.1. The summed E-state index contributed by atoms with van der Waals surface area (Å²) in [4.78, 5) is 17.4. The number of aromatic amines is 1. The number of halogens is 2. The zero-order valence-electron chi connectivity index (χ0n) is 12.4. The molecule has 2 aromatic heterocycles. The van der Waals surface area contributed by atoms with Crippen molar-refractivity contribution < 1.29 is 13.6 Å². The molecule has 24 heavy (non-hydrogen) atoms. The van der Waals surface area contributed by atoms with Crippen molar-refractivity contribution in [3.8, 4) is 10.7 Å². The number of H-pyrrole nitrogens is 1. The fourth-order valence-electron chi connectivity index (χ4n) is 1.86. The highest BCUT2D eigenvalue weighted by Gasteiger charge is 2.19. The Bertz CT molecular complexity index is 851. The number of nitrogens with one attached hydrogen (secondary N) is 2. The molecule has 9 heteroatoms. The van der Waals surface area contributed by atoms with Crippen LogP contribution in [-0.4, -0.2) is 26.3 Å². The van der Waals surface area contributed by atoms with E-state index in [4.69, 9.17) is 0 Å². The maximum Gasteiger partial charge on any atom is 0.237 e. The molecule has 0 fully saturated rings. The lowest BCUT2D eigenvalue weighted by Gasteiger charge is -2.10. The molecule has 0 saturated carbocycles. The lowest BCUT2D eigenvalue weighted by Crippen LogP contribution is -2.23. The molecule has 1 amide bonds. The number of nitrogens with zero attached hydrogens (tertiary/aromatic N) is 2. The summed E-state index contributed by atoms with van der Waals surface area (Å²) >= 11 is 2.67. The minimum atomic E-state index is -0.821. The first-order valence-electron chi connectivity index (χ1n) is 6.92. The van der Waals surface area contributed by atoms with Crippen molar-refractivity contribution in [2.24, 2.45) is 0 Å². The molecule has 0 spiro atoms. The summed E-state index contributed by atoms with van der Waals surface area (Å²) in [5.74, 6) is -1.31. The van der Waals surface area contributed by atoms with E-state index in [1.807, 2.05) is 17.5 Å². The number of carbonyl (C=O) groups excluding carboxylic acids is 1. The Hall–Kier alpha value is -2.26. The second kappa shape index (κ2) is 7.10. The van der Waals surface area contributed by atoms with Gasteiger partial charge >= 0.3 is 0 Å². The number of thiophene rings is 1. The minimum Gasteiger partial charge on any atom is -0.323 e. The van der Waals surface area contributed by atoms with Crippen molar-refractivity contribution in [1.82, 2.24) is 15.2 Å². The molecule has 2 N–H and O–H groups in total. The van der Waals surface area contributed by atoms with E-state index in [-0.39, 0.29) is 5.69 Å². The van der Waals surface area contributed by atoms with E-state index in [0.29, 0.717) is 11.0 Å². The van der Waals surface area contributed by atoms with Gasteiger partial charge < -0.3 is 5.32 Å². The summed E-state index contributed by atoms with van der Waals surface area (Å²) in [6, 6.07) is 6.80. The number of thioether (sulfide) groups is 1. The summed E-state index contributed by atoms with van der Waals surface area (Å²) in [5.41, 5.74) is -0.0666. The Kier molecular flexibility index (Phi) is 4.91. The third kappa shape index (κ3) is 3.80. The van der Waals surface area contributed by atoms with Crippen LogP contribution in [0.25, 0.3) is 10.7 Å². The van der Waals surface area contributed by atoms with E-state index in [1.54, 1.807) is 6.92 Å². The number of hydrogen-bond donors (Lipinski definition) is 2. The topological polar surface area (TPSA) is 70.7 Å². The molecule has 0 aliphatic heterocycles. The van der Waals surface area contributed by atoms with Gasteiger partial charge in [-0.2, -0.15) is 0 Å². The van der Waals surface area contributed by atoms with Crippen molar-refractivity contribution in [3.05, 3.63) is 47.3 Å². The Morgan fingerprint density at radius 3 is 2.92 bits per heavy atom. The predicted molar refractivity (Wildman–Crippen MR) is 90.0 cm³/mol. The smallest absolute Gasteiger partial charge is 0.237 e. The highest BCUT2D eigenvalue weighted by atomic mass is 32.2. The van der Waals surface area contributed by atoms with Crippen LogP contribution >= 0.6 is 23.1 Å². The molecule has 124 valence electrons. The summed E-state index contributed by atoms with van der Waals surface area (Å²) in [5, 5.41) is 11.1. The van der Waals surface area contributed by atoms with Gasteiger partial charge in [-0.1, -0.05) is 17.8 Å². The van der Waals surface area contributed by atoms with Crippen LogP contribution in [0, 0.1) is 11.6 Å². The lowest BCUT2D eigenvalue weighted by atomic mass is 10.3. The highest BCUT2D eigenvalue weighted by Crippen LogP contribution is 2.26. The number of anilines is 1. The largest absolute Gasteiger partial charge is 0.323 e. The molecular weight excluding hydrogens is 354 g/mol. The molecule has 0 aliphatic rings. The van der Waals surface area contributed by atoms with Crippen LogP contribution in [0.15, 0.2) is 40.9 Å². The molecule has 3 aromatic rings. The van der Waals surface area contributed by atoms with E-state index in [0.717, 1.165) is 28.8 Å². The Morgan fingerprint density at radius 2 is 2.21 bits per heavy atom. The number of aromatic nitrogens is 3. The van der Waals surface area contributed by atoms with Gasteiger partial charge in [0.05, 0.1) is 15.8 Å². The molecule has 0 saturated heterocycles. The van der Waals surface area contributed by atoms with Gasteiger partial charge in [-0.25, -0.2) is 13.8 Å². The molecule has 1 aromatic carbocycles. The first-order chi connectivity index (χ1) is 11.5. The van der Waals surface area contributed by atoms with Gasteiger partial charge in [0.25, 0.3) is 0 Å². The molecule has 2 heterocycles. The molecule has 0 bridgehead atoms. The average Bonchev–Trinajstić information content (AvgIpc) is 3.20. The number of carbonyl (C=O) groups is 1. The van der Waals surface area contributed by atoms with Gasteiger partial charge in [0.2, 0.25) is 11.1 Å². The maximum atomic E-state index is 13.6. The van der Waals surface area contributed by atoms with Crippen LogP contribution in [-0.2, 0) is 4.79 Å². The molecule has 3 rings (SSSR count). The number of rotatable bonds is 5. The SMILES string of the molecule is CC(Sc1n[nH]c(-c2cccs2)n1)C(=O)Nc1ccc(F)cc1F. The summed E-state index contributed by atoms with van der Waals surface area (Å²) in [7, 11) is 0. The monoisotopic (exact) mass is 366 g/mol. The highest BCUT2D eigenvalue weighted by molar-refractivity contribution is 8.00. The maximum absolute atomic E-state index is 13.6. The lowest BCUT2D eigenvalue weighted by molar-refractivity contribution is -0.115. The van der Waals surface area contributed by atoms with Crippen LogP contribution in [0.2, 0.25) is 0 Å². The Labute approximate surface area is 144 Å². The third-order valence-electron chi connectivity index (χ3n) is 3.06. The predicted octanol–water partition coefficient (Wildman–Crippen LogP) is 3.93. The van der Waals surface area contributed by atoms with Crippen molar-refractivity contribution in [2.75, 3.05) is 5.32 Å². The third-order valence-corrected chi connectivity index (χ3v) is 4.90. The average molecular weight is 366 g/mol. The fraction of sp³-hybridized carbons (Fsp3) is 0.133. The molecule has 1 unspecified atom stereocenters.